The van der Waals surface area contributed by atoms with Crippen molar-refractivity contribution in [3.05, 3.63) is 60.3 Å². The zero-order valence-corrected chi connectivity index (χ0v) is 9.47. The summed E-state index contributed by atoms with van der Waals surface area (Å²) in [6, 6.07) is 8.59. The highest BCUT2D eigenvalue weighted by atomic mass is 16.5. The van der Waals surface area contributed by atoms with Crippen molar-refractivity contribution >= 4 is 11.9 Å². The summed E-state index contributed by atoms with van der Waals surface area (Å²) in [6.45, 7) is 3.46. The smallest absolute Gasteiger partial charge is 0.354 e. The molecule has 0 aliphatic rings. The summed E-state index contributed by atoms with van der Waals surface area (Å²) in [7, 11) is 1.24. The van der Waals surface area contributed by atoms with E-state index in [-0.39, 0.29) is 11.6 Å². The van der Waals surface area contributed by atoms with Crippen LogP contribution in [0.15, 0.2) is 54.8 Å². The number of allylic oxidation sites excluding steroid dienone is 2. The first kappa shape index (κ1) is 12.7. The second-order valence-corrected chi connectivity index (χ2v) is 3.13. The van der Waals surface area contributed by atoms with Crippen molar-refractivity contribution < 1.29 is 14.3 Å². The quantitative estimate of drug-likeness (QED) is 0.487. The molecule has 1 aromatic rings. The third-order valence-corrected chi connectivity index (χ3v) is 1.97. The average molecular weight is 231 g/mol. The number of esters is 1. The Morgan fingerprint density at radius 3 is 2.47 bits per heavy atom. The molecule has 0 fully saturated rings. The van der Waals surface area contributed by atoms with E-state index in [2.05, 4.69) is 16.6 Å². The minimum atomic E-state index is -0.616. The maximum atomic E-state index is 11.8. The van der Waals surface area contributed by atoms with Crippen LogP contribution in [-0.2, 0) is 9.53 Å². The molecule has 88 valence electrons. The van der Waals surface area contributed by atoms with Gasteiger partial charge in [-0.3, -0.25) is 4.79 Å². The first-order valence-electron chi connectivity index (χ1n) is 4.96. The van der Waals surface area contributed by atoms with Gasteiger partial charge in [0.25, 0.3) is 5.91 Å². The van der Waals surface area contributed by atoms with Crippen molar-refractivity contribution in [1.82, 2.24) is 5.32 Å². The van der Waals surface area contributed by atoms with Gasteiger partial charge in [0.1, 0.15) is 5.70 Å². The Labute approximate surface area is 99.6 Å². The second kappa shape index (κ2) is 6.27. The molecule has 1 rings (SSSR count). The van der Waals surface area contributed by atoms with Gasteiger partial charge in [0.2, 0.25) is 0 Å². The van der Waals surface area contributed by atoms with Gasteiger partial charge in [-0.15, -0.1) is 0 Å². The third-order valence-electron chi connectivity index (χ3n) is 1.97. The number of rotatable bonds is 4. The zero-order chi connectivity index (χ0) is 12.7. The molecule has 4 heteroatoms. The molecule has 0 unspecified atom stereocenters. The highest BCUT2D eigenvalue weighted by Gasteiger charge is 2.13. The summed E-state index contributed by atoms with van der Waals surface area (Å²) in [4.78, 5) is 23.1. The van der Waals surface area contributed by atoms with Gasteiger partial charge in [0, 0.05) is 5.56 Å². The lowest BCUT2D eigenvalue weighted by Gasteiger charge is -2.07. The average Bonchev–Trinajstić information content (AvgIpc) is 2.38. The van der Waals surface area contributed by atoms with Gasteiger partial charge in [0.15, 0.2) is 0 Å². The van der Waals surface area contributed by atoms with Crippen molar-refractivity contribution in [3.63, 3.8) is 0 Å². The van der Waals surface area contributed by atoms with Gasteiger partial charge in [0.05, 0.1) is 7.11 Å². The van der Waals surface area contributed by atoms with Crippen LogP contribution in [0.1, 0.15) is 10.4 Å². The van der Waals surface area contributed by atoms with Gasteiger partial charge in [-0.1, -0.05) is 30.9 Å². The van der Waals surface area contributed by atoms with E-state index >= 15 is 0 Å². The Morgan fingerprint density at radius 1 is 1.29 bits per heavy atom. The Balaban J connectivity index is 2.82. The van der Waals surface area contributed by atoms with Crippen molar-refractivity contribution in [2.24, 2.45) is 0 Å². The Hall–Kier alpha value is -2.36. The SMILES string of the molecule is C=C/C=C(\NC(=O)c1ccccc1)C(=O)OC. The number of hydrogen-bond acceptors (Lipinski definition) is 3. The van der Waals surface area contributed by atoms with E-state index in [1.165, 1.54) is 19.3 Å². The van der Waals surface area contributed by atoms with E-state index in [0.717, 1.165) is 0 Å². The topological polar surface area (TPSA) is 55.4 Å². The van der Waals surface area contributed by atoms with E-state index in [0.29, 0.717) is 5.56 Å². The van der Waals surface area contributed by atoms with Crippen LogP contribution in [0.3, 0.4) is 0 Å². The fraction of sp³-hybridized carbons (Fsp3) is 0.0769. The number of methoxy groups -OCH3 is 1. The van der Waals surface area contributed by atoms with Gasteiger partial charge >= 0.3 is 5.97 Å². The van der Waals surface area contributed by atoms with Gasteiger partial charge < -0.3 is 10.1 Å². The monoisotopic (exact) mass is 231 g/mol. The number of benzene rings is 1. The van der Waals surface area contributed by atoms with Crippen LogP contribution in [0, 0.1) is 0 Å². The van der Waals surface area contributed by atoms with Crippen molar-refractivity contribution in [1.29, 1.82) is 0 Å². The number of amides is 1. The van der Waals surface area contributed by atoms with Gasteiger partial charge in [-0.25, -0.2) is 4.79 Å². The molecule has 0 saturated carbocycles. The second-order valence-electron chi connectivity index (χ2n) is 3.13. The lowest BCUT2D eigenvalue weighted by atomic mass is 10.2. The van der Waals surface area contributed by atoms with Crippen LogP contribution in [0.5, 0.6) is 0 Å². The molecular weight excluding hydrogens is 218 g/mol. The number of carbonyl (C=O) groups excluding carboxylic acids is 2. The number of hydrogen-bond donors (Lipinski definition) is 1. The van der Waals surface area contributed by atoms with Crippen molar-refractivity contribution in [2.75, 3.05) is 7.11 Å². The van der Waals surface area contributed by atoms with Crippen LogP contribution in [0.2, 0.25) is 0 Å². The summed E-state index contributed by atoms with van der Waals surface area (Å²) in [6.07, 6.45) is 2.78. The largest absolute Gasteiger partial charge is 0.464 e. The minimum absolute atomic E-state index is 0.0522. The lowest BCUT2D eigenvalue weighted by Crippen LogP contribution is -2.28. The molecule has 0 heterocycles. The molecule has 1 N–H and O–H groups in total. The molecule has 17 heavy (non-hydrogen) atoms. The molecule has 0 saturated heterocycles. The first-order valence-corrected chi connectivity index (χ1v) is 4.96. The first-order chi connectivity index (χ1) is 8.19. The predicted molar refractivity (Wildman–Crippen MR) is 64.2 cm³/mol. The third kappa shape index (κ3) is 3.61. The molecule has 0 spiro atoms. The van der Waals surface area contributed by atoms with Crippen LogP contribution < -0.4 is 5.32 Å². The van der Waals surface area contributed by atoms with E-state index in [9.17, 15) is 9.59 Å². The van der Waals surface area contributed by atoms with Crippen molar-refractivity contribution in [3.8, 4) is 0 Å². The van der Waals surface area contributed by atoms with Gasteiger partial charge in [-0.05, 0) is 18.2 Å². The molecule has 0 bridgehead atoms. The number of nitrogens with one attached hydrogen (secondary N) is 1. The van der Waals surface area contributed by atoms with Crippen LogP contribution in [-0.4, -0.2) is 19.0 Å². The molecule has 0 atom stereocenters. The maximum absolute atomic E-state index is 11.8. The zero-order valence-electron chi connectivity index (χ0n) is 9.47. The fourth-order valence-corrected chi connectivity index (χ4v) is 1.17. The summed E-state index contributed by atoms with van der Waals surface area (Å²) < 4.78 is 4.53. The molecule has 0 radical (unpaired) electrons. The lowest BCUT2D eigenvalue weighted by molar-refractivity contribution is -0.136. The van der Waals surface area contributed by atoms with E-state index in [4.69, 9.17) is 0 Å². The van der Waals surface area contributed by atoms with Crippen LogP contribution >= 0.6 is 0 Å². The number of carbonyl (C=O) groups is 2. The summed E-state index contributed by atoms with van der Waals surface area (Å²) in [5.74, 6) is -0.988. The molecule has 4 nitrogen and oxygen atoms in total. The normalized spacial score (nSPS) is 10.5. The Bertz CT molecular complexity index is 449. The maximum Gasteiger partial charge on any atom is 0.354 e. The molecule has 1 amide bonds. The minimum Gasteiger partial charge on any atom is -0.464 e. The molecule has 0 aromatic heterocycles. The van der Waals surface area contributed by atoms with Crippen molar-refractivity contribution in [2.45, 2.75) is 0 Å². The van der Waals surface area contributed by atoms with Gasteiger partial charge in [-0.2, -0.15) is 0 Å². The molecule has 1 aromatic carbocycles. The molecular formula is C13H13NO3. The fourth-order valence-electron chi connectivity index (χ4n) is 1.17. The highest BCUT2D eigenvalue weighted by Crippen LogP contribution is 2.01. The van der Waals surface area contributed by atoms with E-state index < -0.39 is 5.97 Å². The summed E-state index contributed by atoms with van der Waals surface area (Å²) in [5, 5.41) is 2.46. The van der Waals surface area contributed by atoms with Crippen LogP contribution in [0.4, 0.5) is 0 Å². The number of ether oxygens (including phenoxy) is 1. The highest BCUT2D eigenvalue weighted by molar-refractivity contribution is 6.01. The Morgan fingerprint density at radius 2 is 1.94 bits per heavy atom. The van der Waals surface area contributed by atoms with E-state index in [1.807, 2.05) is 0 Å². The Kier molecular flexibility index (Phi) is 4.69. The van der Waals surface area contributed by atoms with Crippen LogP contribution in [0.25, 0.3) is 0 Å². The predicted octanol–water partition coefficient (Wildman–Crippen LogP) is 1.66. The molecule has 0 aliphatic carbocycles. The summed E-state index contributed by atoms with van der Waals surface area (Å²) in [5.41, 5.74) is 0.516. The van der Waals surface area contributed by atoms with E-state index in [1.54, 1.807) is 30.3 Å². The standard InChI is InChI=1S/C13H13NO3/c1-3-7-11(13(16)17-2)14-12(15)10-8-5-4-6-9-10/h3-9H,1H2,2H3,(H,14,15)/b11-7-. The summed E-state index contributed by atoms with van der Waals surface area (Å²) >= 11 is 0. The molecule has 0 aliphatic heterocycles.